The summed E-state index contributed by atoms with van der Waals surface area (Å²) >= 11 is 0. The highest BCUT2D eigenvalue weighted by molar-refractivity contribution is 6.20. The first kappa shape index (κ1) is 24.6. The van der Waals surface area contributed by atoms with Gasteiger partial charge in [-0.3, -0.25) is 4.98 Å². The molecule has 0 saturated heterocycles. The van der Waals surface area contributed by atoms with Crippen molar-refractivity contribution in [2.45, 2.75) is 46.5 Å². The molecule has 0 bridgehead atoms. The molecule has 7 aromatic rings. The Kier molecular flexibility index (Phi) is 5.57. The van der Waals surface area contributed by atoms with Gasteiger partial charge in [0.2, 0.25) is 0 Å². The first-order valence-electron chi connectivity index (χ1n) is 14.2. The number of hydrogen-bond acceptors (Lipinski definition) is 2. The summed E-state index contributed by atoms with van der Waals surface area (Å²) in [4.78, 5) is 4.62. The van der Waals surface area contributed by atoms with Gasteiger partial charge in [-0.2, -0.15) is 4.57 Å². The number of fused-ring (bicyclic) bond motifs is 6. The molecule has 0 aliphatic carbocycles. The maximum atomic E-state index is 6.77. The number of benzene rings is 4. The molecule has 0 aliphatic heterocycles. The van der Waals surface area contributed by atoms with E-state index in [1.165, 1.54) is 33.4 Å². The third kappa shape index (κ3) is 3.45. The van der Waals surface area contributed by atoms with Gasteiger partial charge in [-0.25, -0.2) is 4.57 Å². The number of pyridine rings is 1. The molecule has 0 atom stereocenters. The van der Waals surface area contributed by atoms with E-state index in [9.17, 15) is 0 Å². The molecule has 0 saturated carbocycles. The van der Waals surface area contributed by atoms with E-state index < -0.39 is 0 Å². The maximum absolute atomic E-state index is 6.77. The van der Waals surface area contributed by atoms with Gasteiger partial charge in [0, 0.05) is 33.5 Å². The van der Waals surface area contributed by atoms with Crippen LogP contribution in [0.3, 0.4) is 0 Å². The number of rotatable bonds is 4. The molecule has 7 rings (SSSR count). The summed E-state index contributed by atoms with van der Waals surface area (Å²) in [5.74, 6) is 1.87. The van der Waals surface area contributed by atoms with Gasteiger partial charge in [0.25, 0.3) is 5.82 Å². The minimum atomic E-state index is 0.370. The highest BCUT2D eigenvalue weighted by atomic mass is 16.3. The lowest BCUT2D eigenvalue weighted by atomic mass is 9.92. The number of hydrogen-bond donors (Lipinski definition) is 0. The van der Waals surface area contributed by atoms with Crippen molar-refractivity contribution in [1.82, 2.24) is 9.55 Å². The summed E-state index contributed by atoms with van der Waals surface area (Å²) in [6.45, 7) is 11.4. The molecule has 0 N–H and O–H groups in total. The van der Waals surface area contributed by atoms with E-state index >= 15 is 0 Å². The normalized spacial score (nSPS) is 12.2. The van der Waals surface area contributed by atoms with Crippen molar-refractivity contribution < 1.29 is 8.98 Å². The lowest BCUT2D eigenvalue weighted by Gasteiger charge is -2.18. The summed E-state index contributed by atoms with van der Waals surface area (Å²) in [7, 11) is 2.18. The quantitative estimate of drug-likeness (QED) is 0.215. The first-order valence-corrected chi connectivity index (χ1v) is 14.2. The van der Waals surface area contributed by atoms with Gasteiger partial charge in [0.1, 0.15) is 16.8 Å². The van der Waals surface area contributed by atoms with Gasteiger partial charge >= 0.3 is 0 Å². The summed E-state index contributed by atoms with van der Waals surface area (Å²) in [5, 5.41) is 3.36. The Morgan fingerprint density at radius 2 is 1.52 bits per heavy atom. The average Bonchev–Trinajstić information content (AvgIpc) is 3.48. The molecule has 40 heavy (non-hydrogen) atoms. The van der Waals surface area contributed by atoms with Gasteiger partial charge in [-0.1, -0.05) is 76.2 Å². The van der Waals surface area contributed by atoms with Crippen molar-refractivity contribution in [2.75, 3.05) is 0 Å². The van der Waals surface area contributed by atoms with Crippen LogP contribution in [0.1, 0.15) is 56.2 Å². The summed E-state index contributed by atoms with van der Waals surface area (Å²) in [6, 6.07) is 28.2. The molecular weight excluding hydrogens is 490 g/mol. The Hall–Kier alpha value is -4.44. The number of para-hydroxylation sites is 3. The van der Waals surface area contributed by atoms with Gasteiger partial charge in [0.15, 0.2) is 16.6 Å². The Morgan fingerprint density at radius 1 is 0.775 bits per heavy atom. The van der Waals surface area contributed by atoms with Crippen molar-refractivity contribution in [1.29, 1.82) is 0 Å². The second-order valence-electron chi connectivity index (χ2n) is 11.5. The molecule has 0 unspecified atom stereocenters. The topological polar surface area (TPSA) is 34.8 Å². The maximum Gasteiger partial charge on any atom is 0.299 e. The molecule has 4 heteroatoms. The van der Waals surface area contributed by atoms with E-state index in [1.807, 2.05) is 12.3 Å². The molecule has 0 radical (unpaired) electrons. The molecule has 198 valence electrons. The van der Waals surface area contributed by atoms with Crippen molar-refractivity contribution in [2.24, 2.45) is 7.05 Å². The zero-order valence-corrected chi connectivity index (χ0v) is 24.0. The summed E-state index contributed by atoms with van der Waals surface area (Å²) in [6.07, 6.45) is 1.85. The second-order valence-corrected chi connectivity index (χ2v) is 11.5. The number of aromatic nitrogens is 3. The van der Waals surface area contributed by atoms with Crippen LogP contribution in [0.15, 0.2) is 89.5 Å². The van der Waals surface area contributed by atoms with Crippen molar-refractivity contribution in [3.05, 3.63) is 102 Å². The lowest BCUT2D eigenvalue weighted by molar-refractivity contribution is -0.633. The molecule has 0 spiro atoms. The standard InChI is InChI=1S/C36H34N3O/c1-21(2)24-11-9-12-25(22(3)4)34(24)39-30-15-8-7-14-29(30)38(6)36(39)32-23(5)16-17-27-33-26-13-10-20-37-28(26)18-19-31(33)40-35(27)32/h7-22H,1-6H3/q+1. The highest BCUT2D eigenvalue weighted by Gasteiger charge is 2.33. The van der Waals surface area contributed by atoms with Crippen LogP contribution in [0.4, 0.5) is 0 Å². The van der Waals surface area contributed by atoms with Crippen molar-refractivity contribution in [3.8, 4) is 17.1 Å². The smallest absolute Gasteiger partial charge is 0.299 e. The zero-order chi connectivity index (χ0) is 27.7. The largest absolute Gasteiger partial charge is 0.455 e. The summed E-state index contributed by atoms with van der Waals surface area (Å²) in [5.41, 5.74) is 11.4. The molecule has 3 aromatic heterocycles. The predicted molar refractivity (Wildman–Crippen MR) is 165 cm³/mol. The fourth-order valence-electron chi connectivity index (χ4n) is 6.46. The lowest BCUT2D eigenvalue weighted by Crippen LogP contribution is -2.30. The van der Waals surface area contributed by atoms with Crippen LogP contribution in [0.25, 0.3) is 61.0 Å². The fraction of sp³-hybridized carbons (Fsp3) is 0.222. The number of imidazole rings is 1. The molecule has 0 aliphatic rings. The second kappa shape index (κ2) is 9.06. The van der Waals surface area contributed by atoms with Crippen LogP contribution in [0.2, 0.25) is 0 Å². The molecule has 0 fully saturated rings. The zero-order valence-electron chi connectivity index (χ0n) is 24.0. The minimum absolute atomic E-state index is 0.370. The Balaban J connectivity index is 1.69. The van der Waals surface area contributed by atoms with Crippen LogP contribution < -0.4 is 4.57 Å². The Labute approximate surface area is 234 Å². The Bertz CT molecular complexity index is 2070. The van der Waals surface area contributed by atoms with E-state index in [1.54, 1.807) is 0 Å². The van der Waals surface area contributed by atoms with Crippen molar-refractivity contribution >= 4 is 43.9 Å². The Morgan fingerprint density at radius 3 is 2.27 bits per heavy atom. The van der Waals surface area contributed by atoms with Gasteiger partial charge in [-0.15, -0.1) is 0 Å². The third-order valence-corrected chi connectivity index (χ3v) is 8.40. The molecule has 4 nitrogen and oxygen atoms in total. The fourth-order valence-corrected chi connectivity index (χ4v) is 6.46. The third-order valence-electron chi connectivity index (χ3n) is 8.40. The monoisotopic (exact) mass is 524 g/mol. The summed E-state index contributed by atoms with van der Waals surface area (Å²) < 4.78 is 11.6. The first-order chi connectivity index (χ1) is 19.4. The van der Waals surface area contributed by atoms with Crippen LogP contribution in [-0.2, 0) is 7.05 Å². The number of nitrogens with zero attached hydrogens (tertiary/aromatic N) is 3. The minimum Gasteiger partial charge on any atom is -0.455 e. The van der Waals surface area contributed by atoms with E-state index in [4.69, 9.17) is 4.42 Å². The molecule has 3 heterocycles. The van der Waals surface area contributed by atoms with Crippen LogP contribution in [-0.4, -0.2) is 9.55 Å². The van der Waals surface area contributed by atoms with E-state index in [-0.39, 0.29) is 0 Å². The van der Waals surface area contributed by atoms with E-state index in [0.29, 0.717) is 11.8 Å². The molecular formula is C36H34N3O+. The average molecular weight is 525 g/mol. The molecule has 4 aromatic carbocycles. The van der Waals surface area contributed by atoms with Crippen molar-refractivity contribution in [3.63, 3.8) is 0 Å². The number of aryl methyl sites for hydroxylation is 2. The highest BCUT2D eigenvalue weighted by Crippen LogP contribution is 2.42. The van der Waals surface area contributed by atoms with Crippen LogP contribution in [0, 0.1) is 6.92 Å². The van der Waals surface area contributed by atoms with E-state index in [0.717, 1.165) is 44.2 Å². The van der Waals surface area contributed by atoms with Gasteiger partial charge < -0.3 is 4.42 Å². The number of furan rings is 1. The van der Waals surface area contributed by atoms with Gasteiger partial charge in [-0.05, 0) is 54.7 Å². The molecule has 0 amide bonds. The van der Waals surface area contributed by atoms with Crippen LogP contribution >= 0.6 is 0 Å². The SMILES string of the molecule is Cc1ccc2c(oc3ccc4ncccc4c32)c1-c1n(-c2c(C(C)C)cccc2C(C)C)c2ccccc2[n+]1C. The van der Waals surface area contributed by atoms with Crippen LogP contribution in [0.5, 0.6) is 0 Å². The predicted octanol–water partition coefficient (Wildman–Crippen LogP) is 9.12. The van der Waals surface area contributed by atoms with E-state index in [2.05, 4.69) is 129 Å². The van der Waals surface area contributed by atoms with Gasteiger partial charge in [0.05, 0.1) is 12.6 Å².